The summed E-state index contributed by atoms with van der Waals surface area (Å²) < 4.78 is 10.3. The van der Waals surface area contributed by atoms with Crippen molar-refractivity contribution in [3.63, 3.8) is 0 Å². The Bertz CT molecular complexity index is 153. The minimum Gasteiger partial charge on any atom is -0.389 e. The predicted molar refractivity (Wildman–Crippen MR) is 61.0 cm³/mol. The third kappa shape index (κ3) is 9.87. The molecular weight excluding hydrogens is 194 g/mol. The predicted octanol–water partition coefficient (Wildman–Crippen LogP) is 0.565. The molecule has 0 aliphatic rings. The van der Waals surface area contributed by atoms with Crippen LogP contribution in [0.1, 0.15) is 13.3 Å². The maximum atomic E-state index is 9.51. The highest BCUT2D eigenvalue weighted by molar-refractivity contribution is 4.68. The van der Waals surface area contributed by atoms with Gasteiger partial charge in [0, 0.05) is 13.7 Å². The van der Waals surface area contributed by atoms with Gasteiger partial charge in [0.1, 0.15) is 0 Å². The first-order valence-corrected chi connectivity index (χ1v) is 5.31. The average Bonchev–Trinajstić information content (AvgIpc) is 2.22. The molecule has 15 heavy (non-hydrogen) atoms. The zero-order valence-corrected chi connectivity index (χ0v) is 9.74. The summed E-state index contributed by atoms with van der Waals surface area (Å²) in [6.45, 7) is 7.82. The second-order valence-electron chi connectivity index (χ2n) is 3.53. The van der Waals surface area contributed by atoms with E-state index in [1.807, 2.05) is 13.0 Å². The van der Waals surface area contributed by atoms with Crippen molar-refractivity contribution >= 4 is 0 Å². The van der Waals surface area contributed by atoms with Crippen LogP contribution in [0.5, 0.6) is 0 Å². The number of methoxy groups -OCH3 is 1. The van der Waals surface area contributed by atoms with Crippen LogP contribution in [0.15, 0.2) is 12.7 Å². The Labute approximate surface area is 92.3 Å². The number of rotatable bonds is 10. The van der Waals surface area contributed by atoms with Gasteiger partial charge < -0.3 is 19.9 Å². The molecule has 0 aliphatic heterocycles. The molecule has 0 amide bonds. The van der Waals surface area contributed by atoms with Crippen LogP contribution in [-0.4, -0.2) is 50.7 Å². The van der Waals surface area contributed by atoms with Crippen molar-refractivity contribution in [1.29, 1.82) is 0 Å². The molecule has 0 rings (SSSR count). The van der Waals surface area contributed by atoms with E-state index in [9.17, 15) is 5.11 Å². The van der Waals surface area contributed by atoms with Crippen LogP contribution >= 0.6 is 0 Å². The quantitative estimate of drug-likeness (QED) is 0.415. The Hall–Kier alpha value is -0.420. The van der Waals surface area contributed by atoms with Crippen molar-refractivity contribution in [2.75, 3.05) is 33.4 Å². The van der Waals surface area contributed by atoms with E-state index in [1.165, 1.54) is 0 Å². The Kier molecular flexibility index (Phi) is 9.83. The molecule has 90 valence electrons. The van der Waals surface area contributed by atoms with Gasteiger partial charge >= 0.3 is 0 Å². The Morgan fingerprint density at radius 3 is 2.80 bits per heavy atom. The number of aliphatic hydroxyl groups excluding tert-OH is 1. The fraction of sp³-hybridized carbons (Fsp3) is 0.818. The summed E-state index contributed by atoms with van der Waals surface area (Å²) in [5.74, 6) is 0. The zero-order chi connectivity index (χ0) is 11.5. The molecule has 0 bridgehead atoms. The third-order valence-electron chi connectivity index (χ3n) is 1.88. The van der Waals surface area contributed by atoms with E-state index in [-0.39, 0.29) is 6.10 Å². The molecule has 0 aliphatic carbocycles. The first kappa shape index (κ1) is 14.6. The van der Waals surface area contributed by atoms with Gasteiger partial charge in [-0.2, -0.15) is 0 Å². The second kappa shape index (κ2) is 10.1. The molecule has 0 aromatic heterocycles. The van der Waals surface area contributed by atoms with Crippen LogP contribution in [-0.2, 0) is 9.47 Å². The molecule has 0 radical (unpaired) electrons. The molecule has 0 aromatic carbocycles. The largest absolute Gasteiger partial charge is 0.389 e. The lowest BCUT2D eigenvalue weighted by Crippen LogP contribution is -2.32. The average molecular weight is 217 g/mol. The number of nitrogens with one attached hydrogen (secondary N) is 1. The Balaban J connectivity index is 3.31. The number of aliphatic hydroxyl groups is 1. The molecule has 2 atom stereocenters. The molecule has 2 unspecified atom stereocenters. The van der Waals surface area contributed by atoms with Crippen molar-refractivity contribution in [1.82, 2.24) is 5.32 Å². The van der Waals surface area contributed by atoms with Gasteiger partial charge in [-0.25, -0.2) is 0 Å². The maximum Gasteiger partial charge on any atom is 0.0897 e. The van der Waals surface area contributed by atoms with Crippen LogP contribution < -0.4 is 5.32 Å². The molecule has 0 saturated carbocycles. The van der Waals surface area contributed by atoms with E-state index in [2.05, 4.69) is 11.9 Å². The Morgan fingerprint density at radius 2 is 2.20 bits per heavy atom. The zero-order valence-electron chi connectivity index (χ0n) is 9.74. The normalized spacial score (nSPS) is 14.9. The van der Waals surface area contributed by atoms with Gasteiger partial charge in [0.05, 0.1) is 25.4 Å². The van der Waals surface area contributed by atoms with Crippen LogP contribution in [0.3, 0.4) is 0 Å². The van der Waals surface area contributed by atoms with E-state index in [4.69, 9.17) is 9.47 Å². The van der Waals surface area contributed by atoms with E-state index < -0.39 is 6.10 Å². The SMILES string of the molecule is C=CCCNCC(O)COC(C)COC. The molecule has 0 aromatic rings. The minimum atomic E-state index is -0.464. The lowest BCUT2D eigenvalue weighted by Gasteiger charge is -2.16. The lowest BCUT2D eigenvalue weighted by molar-refractivity contribution is -0.0309. The van der Waals surface area contributed by atoms with Gasteiger partial charge in [-0.1, -0.05) is 6.08 Å². The van der Waals surface area contributed by atoms with Crippen molar-refractivity contribution in [2.24, 2.45) is 0 Å². The van der Waals surface area contributed by atoms with Crippen LogP contribution in [0.4, 0.5) is 0 Å². The lowest BCUT2D eigenvalue weighted by atomic mass is 10.3. The molecule has 0 saturated heterocycles. The van der Waals surface area contributed by atoms with Crippen molar-refractivity contribution in [3.8, 4) is 0 Å². The summed E-state index contributed by atoms with van der Waals surface area (Å²) in [6.07, 6.45) is 2.32. The molecule has 0 spiro atoms. The molecule has 4 heteroatoms. The van der Waals surface area contributed by atoms with E-state index >= 15 is 0 Å². The summed E-state index contributed by atoms with van der Waals surface area (Å²) in [7, 11) is 1.63. The fourth-order valence-corrected chi connectivity index (χ4v) is 1.09. The summed E-state index contributed by atoms with van der Waals surface area (Å²) >= 11 is 0. The Morgan fingerprint density at radius 1 is 1.47 bits per heavy atom. The summed E-state index contributed by atoms with van der Waals surface area (Å²) in [5, 5.41) is 12.6. The second-order valence-corrected chi connectivity index (χ2v) is 3.53. The topological polar surface area (TPSA) is 50.7 Å². The van der Waals surface area contributed by atoms with Crippen molar-refractivity contribution in [2.45, 2.75) is 25.6 Å². The maximum absolute atomic E-state index is 9.51. The highest BCUT2D eigenvalue weighted by Crippen LogP contribution is 1.93. The molecule has 0 fully saturated rings. The van der Waals surface area contributed by atoms with Crippen molar-refractivity contribution < 1.29 is 14.6 Å². The molecule has 2 N–H and O–H groups in total. The molecule has 4 nitrogen and oxygen atoms in total. The summed E-state index contributed by atoms with van der Waals surface area (Å²) in [6, 6.07) is 0. The van der Waals surface area contributed by atoms with Gasteiger partial charge in [0.25, 0.3) is 0 Å². The van der Waals surface area contributed by atoms with E-state index in [0.29, 0.717) is 19.8 Å². The highest BCUT2D eigenvalue weighted by Gasteiger charge is 2.07. The number of hydrogen-bond donors (Lipinski definition) is 2. The van der Waals surface area contributed by atoms with E-state index in [0.717, 1.165) is 13.0 Å². The monoisotopic (exact) mass is 217 g/mol. The number of hydrogen-bond acceptors (Lipinski definition) is 4. The highest BCUT2D eigenvalue weighted by atomic mass is 16.5. The molecule has 0 heterocycles. The van der Waals surface area contributed by atoms with Crippen LogP contribution in [0.25, 0.3) is 0 Å². The standard InChI is InChI=1S/C11H23NO3/c1-4-5-6-12-7-11(13)9-15-10(2)8-14-3/h4,10-13H,1,5-9H2,2-3H3. The van der Waals surface area contributed by atoms with Gasteiger partial charge in [-0.3, -0.25) is 0 Å². The molecular formula is C11H23NO3. The van der Waals surface area contributed by atoms with Crippen LogP contribution in [0, 0.1) is 0 Å². The van der Waals surface area contributed by atoms with Crippen molar-refractivity contribution in [3.05, 3.63) is 12.7 Å². The van der Waals surface area contributed by atoms with Crippen LogP contribution in [0.2, 0.25) is 0 Å². The van der Waals surface area contributed by atoms with Gasteiger partial charge in [-0.05, 0) is 19.9 Å². The first-order chi connectivity index (χ1) is 7.20. The minimum absolute atomic E-state index is 0.0258. The first-order valence-electron chi connectivity index (χ1n) is 5.31. The number of ether oxygens (including phenoxy) is 2. The van der Waals surface area contributed by atoms with Gasteiger partial charge in [-0.15, -0.1) is 6.58 Å². The fourth-order valence-electron chi connectivity index (χ4n) is 1.09. The van der Waals surface area contributed by atoms with Gasteiger partial charge in [0.2, 0.25) is 0 Å². The smallest absolute Gasteiger partial charge is 0.0897 e. The summed E-state index contributed by atoms with van der Waals surface area (Å²) in [4.78, 5) is 0. The van der Waals surface area contributed by atoms with Gasteiger partial charge in [0.15, 0.2) is 0 Å². The summed E-state index contributed by atoms with van der Waals surface area (Å²) in [5.41, 5.74) is 0. The van der Waals surface area contributed by atoms with E-state index in [1.54, 1.807) is 7.11 Å². The third-order valence-corrected chi connectivity index (χ3v) is 1.88.